The number of amides is 2. The number of hydrogen-bond acceptors (Lipinski definition) is 3. The second-order valence-corrected chi connectivity index (χ2v) is 8.49. The molecule has 132 valence electrons. The fourth-order valence-electron chi connectivity index (χ4n) is 2.61. The molecule has 0 spiro atoms. The van der Waals surface area contributed by atoms with Crippen LogP contribution in [0.15, 0.2) is 24.3 Å². The molecule has 1 aromatic heterocycles. The van der Waals surface area contributed by atoms with Crippen molar-refractivity contribution >= 4 is 69.6 Å². The zero-order valence-electron chi connectivity index (χ0n) is 12.8. The zero-order valence-corrected chi connectivity index (χ0v) is 16.6. The summed E-state index contributed by atoms with van der Waals surface area (Å²) < 4.78 is 0.844. The van der Waals surface area contributed by atoms with E-state index in [1.807, 2.05) is 0 Å². The number of piperazine rings is 1. The highest BCUT2D eigenvalue weighted by atomic mass is 35.5. The minimum atomic E-state index is -0.198. The average molecular weight is 438 g/mol. The molecular weight excluding hydrogens is 426 g/mol. The number of halogens is 4. The molecule has 1 aliphatic rings. The van der Waals surface area contributed by atoms with Crippen molar-refractivity contribution in [2.45, 2.75) is 0 Å². The molecule has 9 heteroatoms. The van der Waals surface area contributed by atoms with Gasteiger partial charge in [-0.25, -0.2) is 0 Å². The third-order valence-electron chi connectivity index (χ3n) is 3.92. The van der Waals surface area contributed by atoms with Gasteiger partial charge in [-0.15, -0.1) is 11.3 Å². The molecule has 0 radical (unpaired) electrons. The third-order valence-corrected chi connectivity index (χ3v) is 6.23. The summed E-state index contributed by atoms with van der Waals surface area (Å²) in [5.41, 5.74) is 0.760. The highest BCUT2D eigenvalue weighted by Gasteiger charge is 2.28. The number of nitrogens with zero attached hydrogens (tertiary/aromatic N) is 2. The summed E-state index contributed by atoms with van der Waals surface area (Å²) >= 11 is 25.2. The first-order valence-electron chi connectivity index (χ1n) is 7.36. The van der Waals surface area contributed by atoms with Crippen LogP contribution in [-0.2, 0) is 0 Å². The Hall–Kier alpha value is -0.980. The fraction of sp³-hybridized carbons (Fsp3) is 0.250. The first kappa shape index (κ1) is 18.8. The predicted octanol–water partition coefficient (Wildman–Crippen LogP) is 4.96. The predicted molar refractivity (Wildman–Crippen MR) is 103 cm³/mol. The molecular formula is C16H12Cl4N2O2S. The van der Waals surface area contributed by atoms with Gasteiger partial charge in [0.2, 0.25) is 0 Å². The summed E-state index contributed by atoms with van der Waals surface area (Å²) in [4.78, 5) is 28.5. The van der Waals surface area contributed by atoms with Gasteiger partial charge in [-0.1, -0.05) is 52.5 Å². The number of thiophene rings is 1. The van der Waals surface area contributed by atoms with Crippen molar-refractivity contribution in [3.8, 4) is 0 Å². The van der Waals surface area contributed by atoms with Crippen molar-refractivity contribution in [3.63, 3.8) is 0 Å². The first-order chi connectivity index (χ1) is 11.9. The molecule has 1 aliphatic heterocycles. The first-order valence-corrected chi connectivity index (χ1v) is 9.68. The monoisotopic (exact) mass is 436 g/mol. The van der Waals surface area contributed by atoms with Gasteiger partial charge < -0.3 is 9.80 Å². The van der Waals surface area contributed by atoms with Crippen LogP contribution < -0.4 is 0 Å². The average Bonchev–Trinajstić information content (AvgIpc) is 2.94. The van der Waals surface area contributed by atoms with E-state index in [2.05, 4.69) is 0 Å². The minimum Gasteiger partial charge on any atom is -0.335 e. The standard InChI is InChI=1S/C16H12Cl4N2O2S/c17-11-3-1-2-9(13(11)19)15(23)21-4-6-22(7-5-21)16(24)10-8-12(18)25-14(10)20/h1-3,8H,4-7H2. The normalized spacial score (nSPS) is 14.7. The number of carbonyl (C=O) groups excluding carboxylic acids is 2. The Kier molecular flexibility index (Phi) is 5.81. The van der Waals surface area contributed by atoms with Gasteiger partial charge in [0.15, 0.2) is 0 Å². The molecule has 0 saturated carbocycles. The van der Waals surface area contributed by atoms with Gasteiger partial charge >= 0.3 is 0 Å². The summed E-state index contributed by atoms with van der Waals surface area (Å²) in [5.74, 6) is -0.378. The van der Waals surface area contributed by atoms with Crippen LogP contribution in [-0.4, -0.2) is 47.8 Å². The van der Waals surface area contributed by atoms with Gasteiger partial charge in [-0.05, 0) is 18.2 Å². The van der Waals surface area contributed by atoms with Crippen LogP contribution >= 0.6 is 57.7 Å². The Morgan fingerprint density at radius 3 is 1.96 bits per heavy atom. The molecule has 1 aromatic carbocycles. The molecule has 1 fully saturated rings. The van der Waals surface area contributed by atoms with Crippen LogP contribution in [0.5, 0.6) is 0 Å². The topological polar surface area (TPSA) is 40.6 Å². The smallest absolute Gasteiger partial charge is 0.256 e. The molecule has 2 aromatic rings. The van der Waals surface area contributed by atoms with Crippen molar-refractivity contribution in [3.05, 3.63) is 54.1 Å². The lowest BCUT2D eigenvalue weighted by Gasteiger charge is -2.35. The number of rotatable bonds is 2. The van der Waals surface area contributed by atoms with E-state index >= 15 is 0 Å². The molecule has 0 aliphatic carbocycles. The van der Waals surface area contributed by atoms with E-state index in [0.717, 1.165) is 11.3 Å². The quantitative estimate of drug-likeness (QED) is 0.666. The Balaban J connectivity index is 1.67. The van der Waals surface area contributed by atoms with E-state index in [1.165, 1.54) is 0 Å². The second-order valence-electron chi connectivity index (χ2n) is 5.42. The Morgan fingerprint density at radius 1 is 0.880 bits per heavy atom. The van der Waals surface area contributed by atoms with Crippen LogP contribution in [0.3, 0.4) is 0 Å². The Bertz CT molecular complexity index is 832. The SMILES string of the molecule is O=C(c1cc(Cl)sc1Cl)N1CCN(C(=O)c2cccc(Cl)c2Cl)CC1. The molecule has 2 heterocycles. The van der Waals surface area contributed by atoms with Crippen molar-refractivity contribution in [2.75, 3.05) is 26.2 Å². The molecule has 4 nitrogen and oxygen atoms in total. The van der Waals surface area contributed by atoms with Crippen LogP contribution in [0.1, 0.15) is 20.7 Å². The van der Waals surface area contributed by atoms with Gasteiger partial charge in [0.1, 0.15) is 4.34 Å². The minimum absolute atomic E-state index is 0.180. The van der Waals surface area contributed by atoms with Gasteiger partial charge in [-0.3, -0.25) is 9.59 Å². The molecule has 1 saturated heterocycles. The van der Waals surface area contributed by atoms with E-state index < -0.39 is 0 Å². The van der Waals surface area contributed by atoms with Crippen molar-refractivity contribution in [1.29, 1.82) is 0 Å². The summed E-state index contributed by atoms with van der Waals surface area (Å²) in [6.07, 6.45) is 0. The number of hydrogen-bond donors (Lipinski definition) is 0. The number of benzene rings is 1. The summed E-state index contributed by atoms with van der Waals surface area (Å²) in [7, 11) is 0. The van der Waals surface area contributed by atoms with Gasteiger partial charge in [0.25, 0.3) is 11.8 Å². The highest BCUT2D eigenvalue weighted by Crippen LogP contribution is 2.32. The Labute approximate surface area is 168 Å². The third kappa shape index (κ3) is 3.91. The van der Waals surface area contributed by atoms with Gasteiger partial charge in [0.05, 0.1) is 25.5 Å². The lowest BCUT2D eigenvalue weighted by atomic mass is 10.1. The van der Waals surface area contributed by atoms with Crippen LogP contribution in [0.25, 0.3) is 0 Å². The molecule has 0 unspecified atom stereocenters. The zero-order chi connectivity index (χ0) is 18.1. The summed E-state index contributed by atoms with van der Waals surface area (Å²) in [6.45, 7) is 1.63. The molecule has 0 atom stereocenters. The van der Waals surface area contributed by atoms with E-state index in [4.69, 9.17) is 46.4 Å². The maximum absolute atomic E-state index is 12.6. The lowest BCUT2D eigenvalue weighted by Crippen LogP contribution is -2.50. The summed E-state index contributed by atoms with van der Waals surface area (Å²) in [5, 5.41) is 0.581. The molecule has 25 heavy (non-hydrogen) atoms. The maximum Gasteiger partial charge on any atom is 0.256 e. The second kappa shape index (κ2) is 7.72. The fourth-order valence-corrected chi connectivity index (χ4v) is 4.44. The lowest BCUT2D eigenvalue weighted by molar-refractivity contribution is 0.0536. The van der Waals surface area contributed by atoms with Crippen molar-refractivity contribution in [1.82, 2.24) is 9.80 Å². The molecule has 2 amide bonds. The highest BCUT2D eigenvalue weighted by molar-refractivity contribution is 7.20. The van der Waals surface area contributed by atoms with Crippen molar-refractivity contribution < 1.29 is 9.59 Å². The Morgan fingerprint density at radius 2 is 1.44 bits per heavy atom. The van der Waals surface area contributed by atoms with E-state index in [0.29, 0.717) is 51.0 Å². The van der Waals surface area contributed by atoms with E-state index in [9.17, 15) is 9.59 Å². The molecule has 0 bridgehead atoms. The molecule has 0 N–H and O–H groups in total. The van der Waals surface area contributed by atoms with E-state index in [1.54, 1.807) is 34.1 Å². The largest absolute Gasteiger partial charge is 0.335 e. The van der Waals surface area contributed by atoms with E-state index in [-0.39, 0.29) is 16.8 Å². The molecule has 3 rings (SSSR count). The van der Waals surface area contributed by atoms with Gasteiger partial charge in [0, 0.05) is 26.2 Å². The van der Waals surface area contributed by atoms with Crippen molar-refractivity contribution in [2.24, 2.45) is 0 Å². The van der Waals surface area contributed by atoms with Crippen LogP contribution in [0, 0.1) is 0 Å². The maximum atomic E-state index is 12.6. The van der Waals surface area contributed by atoms with Gasteiger partial charge in [-0.2, -0.15) is 0 Å². The number of carbonyl (C=O) groups is 2. The summed E-state index contributed by atoms with van der Waals surface area (Å²) in [6, 6.07) is 6.53. The van der Waals surface area contributed by atoms with Crippen LogP contribution in [0.4, 0.5) is 0 Å². The van der Waals surface area contributed by atoms with Crippen LogP contribution in [0.2, 0.25) is 18.7 Å².